The Morgan fingerprint density at radius 2 is 2.06 bits per heavy atom. The molecule has 1 aliphatic heterocycles. The van der Waals surface area contributed by atoms with Crippen molar-refractivity contribution in [3.63, 3.8) is 0 Å². The monoisotopic (exact) mass is 243 g/mol. The lowest BCUT2D eigenvalue weighted by atomic mass is 10.1. The molecule has 0 unspecified atom stereocenters. The zero-order valence-corrected chi connectivity index (χ0v) is 9.13. The van der Waals surface area contributed by atoms with Crippen molar-refractivity contribution in [1.82, 2.24) is 5.32 Å². The maximum atomic E-state index is 13.4. The van der Waals surface area contributed by atoms with Gasteiger partial charge >= 0.3 is 0 Å². The summed E-state index contributed by atoms with van der Waals surface area (Å²) in [6.07, 6.45) is -0.539. The first-order valence-electron chi connectivity index (χ1n) is 5.03. The maximum absolute atomic E-state index is 13.4. The Hall–Kier alpha value is -1.69. The first-order chi connectivity index (χ1) is 8.11. The van der Waals surface area contributed by atoms with Gasteiger partial charge in [0.2, 0.25) is 5.91 Å². The van der Waals surface area contributed by atoms with Crippen molar-refractivity contribution in [1.29, 1.82) is 0 Å². The molecular weight excluding hydrogens is 232 g/mol. The second-order valence-electron chi connectivity index (χ2n) is 3.62. The molecule has 1 aromatic carbocycles. The molecule has 1 aromatic rings. The SMILES string of the molecule is COc1c(F)cc([C@@H]2CNC(=O)CO2)cc1F. The molecule has 1 fully saturated rings. The standard InChI is InChI=1S/C11H11F2NO3/c1-16-11-7(12)2-6(3-8(11)13)9-4-14-10(15)5-17-9/h2-3,9H,4-5H2,1H3,(H,14,15)/t9-/m0/s1. The molecule has 6 heteroatoms. The molecule has 17 heavy (non-hydrogen) atoms. The van der Waals surface area contributed by atoms with Crippen LogP contribution in [0, 0.1) is 11.6 Å². The molecule has 1 aliphatic rings. The van der Waals surface area contributed by atoms with Gasteiger partial charge < -0.3 is 14.8 Å². The minimum Gasteiger partial charge on any atom is -0.491 e. The largest absolute Gasteiger partial charge is 0.491 e. The quantitative estimate of drug-likeness (QED) is 0.848. The minimum absolute atomic E-state index is 0.111. The number of methoxy groups -OCH3 is 1. The van der Waals surface area contributed by atoms with Crippen LogP contribution >= 0.6 is 0 Å². The molecule has 1 saturated heterocycles. The molecule has 0 bridgehead atoms. The van der Waals surface area contributed by atoms with Crippen LogP contribution in [-0.4, -0.2) is 26.2 Å². The van der Waals surface area contributed by atoms with Gasteiger partial charge in [0.15, 0.2) is 17.4 Å². The van der Waals surface area contributed by atoms with Gasteiger partial charge in [-0.2, -0.15) is 0 Å². The number of amides is 1. The van der Waals surface area contributed by atoms with Crippen molar-refractivity contribution in [2.24, 2.45) is 0 Å². The Kier molecular flexibility index (Phi) is 3.23. The summed E-state index contributed by atoms with van der Waals surface area (Å²) in [6.45, 7) is 0.0873. The molecule has 0 aromatic heterocycles. The van der Waals surface area contributed by atoms with Gasteiger partial charge in [0.05, 0.1) is 7.11 Å². The summed E-state index contributed by atoms with van der Waals surface area (Å²) in [5, 5.41) is 2.56. The number of hydrogen-bond acceptors (Lipinski definition) is 3. The van der Waals surface area contributed by atoms with Crippen LogP contribution in [0.25, 0.3) is 0 Å². The Morgan fingerprint density at radius 1 is 1.41 bits per heavy atom. The van der Waals surface area contributed by atoms with Gasteiger partial charge in [0.25, 0.3) is 0 Å². The van der Waals surface area contributed by atoms with Crippen molar-refractivity contribution in [2.45, 2.75) is 6.10 Å². The number of halogens is 2. The second-order valence-corrected chi connectivity index (χ2v) is 3.62. The molecule has 0 spiro atoms. The van der Waals surface area contributed by atoms with E-state index in [0.717, 1.165) is 12.1 Å². The highest BCUT2D eigenvalue weighted by Gasteiger charge is 2.23. The van der Waals surface area contributed by atoms with E-state index in [1.54, 1.807) is 0 Å². The summed E-state index contributed by atoms with van der Waals surface area (Å²) < 4.78 is 36.6. The summed E-state index contributed by atoms with van der Waals surface area (Å²) in [4.78, 5) is 10.9. The Balaban J connectivity index is 2.25. The summed E-state index contributed by atoms with van der Waals surface area (Å²) in [6, 6.07) is 2.29. The van der Waals surface area contributed by atoms with Crippen LogP contribution < -0.4 is 10.1 Å². The Labute approximate surface area is 96.5 Å². The lowest BCUT2D eigenvalue weighted by molar-refractivity contribution is -0.133. The van der Waals surface area contributed by atoms with E-state index in [2.05, 4.69) is 10.1 Å². The van der Waals surface area contributed by atoms with E-state index in [1.807, 2.05) is 0 Å². The van der Waals surface area contributed by atoms with Gasteiger partial charge in [-0.15, -0.1) is 0 Å². The maximum Gasteiger partial charge on any atom is 0.246 e. The number of rotatable bonds is 2. The van der Waals surface area contributed by atoms with Crippen molar-refractivity contribution < 1.29 is 23.0 Å². The number of morpholine rings is 1. The number of carbonyl (C=O) groups is 1. The zero-order valence-electron chi connectivity index (χ0n) is 9.13. The van der Waals surface area contributed by atoms with Crippen molar-refractivity contribution in [2.75, 3.05) is 20.3 Å². The van der Waals surface area contributed by atoms with E-state index >= 15 is 0 Å². The van der Waals surface area contributed by atoms with Crippen molar-refractivity contribution in [3.8, 4) is 5.75 Å². The average Bonchev–Trinajstić information content (AvgIpc) is 2.29. The molecule has 0 radical (unpaired) electrons. The number of hydrogen-bond donors (Lipinski definition) is 1. The highest BCUT2D eigenvalue weighted by molar-refractivity contribution is 5.77. The molecule has 1 heterocycles. The highest BCUT2D eigenvalue weighted by atomic mass is 19.1. The minimum atomic E-state index is -0.789. The van der Waals surface area contributed by atoms with Crippen LogP contribution in [0.15, 0.2) is 12.1 Å². The van der Waals surface area contributed by atoms with Gasteiger partial charge in [-0.25, -0.2) is 8.78 Å². The fraction of sp³-hybridized carbons (Fsp3) is 0.364. The van der Waals surface area contributed by atoms with Gasteiger partial charge in [-0.05, 0) is 17.7 Å². The van der Waals surface area contributed by atoms with E-state index in [1.165, 1.54) is 7.11 Å². The third-order valence-corrected chi connectivity index (χ3v) is 2.50. The molecule has 1 amide bonds. The molecule has 0 aliphatic carbocycles. The highest BCUT2D eigenvalue weighted by Crippen LogP contribution is 2.27. The summed E-state index contributed by atoms with van der Waals surface area (Å²) >= 11 is 0. The number of ether oxygens (including phenoxy) is 2. The first-order valence-corrected chi connectivity index (χ1v) is 5.03. The predicted octanol–water partition coefficient (Wildman–Crippen LogP) is 1.16. The van der Waals surface area contributed by atoms with Gasteiger partial charge in [0.1, 0.15) is 12.7 Å². The molecule has 92 valence electrons. The molecule has 0 saturated carbocycles. The number of nitrogens with one attached hydrogen (secondary N) is 1. The Bertz CT molecular complexity index is 417. The fourth-order valence-corrected chi connectivity index (χ4v) is 1.67. The third-order valence-electron chi connectivity index (χ3n) is 2.50. The number of carbonyl (C=O) groups excluding carboxylic acids is 1. The second kappa shape index (κ2) is 4.67. The van der Waals surface area contributed by atoms with E-state index in [9.17, 15) is 13.6 Å². The average molecular weight is 243 g/mol. The van der Waals surface area contributed by atoms with Crippen LogP contribution in [0.4, 0.5) is 8.78 Å². The topological polar surface area (TPSA) is 47.6 Å². The summed E-state index contributed by atoms with van der Waals surface area (Å²) in [7, 11) is 1.19. The van der Waals surface area contributed by atoms with Crippen LogP contribution in [-0.2, 0) is 9.53 Å². The molecule has 4 nitrogen and oxygen atoms in total. The smallest absolute Gasteiger partial charge is 0.246 e. The lowest BCUT2D eigenvalue weighted by Gasteiger charge is -2.23. The van der Waals surface area contributed by atoms with E-state index in [0.29, 0.717) is 5.56 Å². The Morgan fingerprint density at radius 3 is 2.53 bits per heavy atom. The predicted molar refractivity (Wildman–Crippen MR) is 54.6 cm³/mol. The van der Waals surface area contributed by atoms with E-state index in [4.69, 9.17) is 4.74 Å². The fourth-order valence-electron chi connectivity index (χ4n) is 1.67. The van der Waals surface area contributed by atoms with Crippen molar-refractivity contribution >= 4 is 5.91 Å². The van der Waals surface area contributed by atoms with Crippen LogP contribution in [0.3, 0.4) is 0 Å². The third kappa shape index (κ3) is 2.36. The molecule has 1 N–H and O–H groups in total. The van der Waals surface area contributed by atoms with Gasteiger partial charge in [0, 0.05) is 6.54 Å². The van der Waals surface area contributed by atoms with Crippen molar-refractivity contribution in [3.05, 3.63) is 29.3 Å². The van der Waals surface area contributed by atoms with Gasteiger partial charge in [-0.1, -0.05) is 0 Å². The van der Waals surface area contributed by atoms with E-state index < -0.39 is 23.5 Å². The number of benzene rings is 1. The van der Waals surface area contributed by atoms with Gasteiger partial charge in [-0.3, -0.25) is 4.79 Å². The summed E-state index contributed by atoms with van der Waals surface area (Å²) in [5.41, 5.74) is 0.334. The summed E-state index contributed by atoms with van der Waals surface area (Å²) in [5.74, 6) is -2.24. The van der Waals surface area contributed by atoms with Crippen LogP contribution in [0.5, 0.6) is 5.75 Å². The molecule has 2 rings (SSSR count). The van der Waals surface area contributed by atoms with Crippen LogP contribution in [0.2, 0.25) is 0 Å². The van der Waals surface area contributed by atoms with E-state index in [-0.39, 0.29) is 19.1 Å². The normalized spacial score (nSPS) is 19.9. The molecular formula is C11H11F2NO3. The lowest BCUT2D eigenvalue weighted by Crippen LogP contribution is -2.38. The van der Waals surface area contributed by atoms with Crippen LogP contribution in [0.1, 0.15) is 11.7 Å². The molecule has 1 atom stereocenters. The zero-order chi connectivity index (χ0) is 12.4. The first kappa shape index (κ1) is 11.8.